The Morgan fingerprint density at radius 2 is 1.62 bits per heavy atom. The number of hydrogen-bond donors (Lipinski definition) is 1. The van der Waals surface area contributed by atoms with Crippen molar-refractivity contribution in [3.63, 3.8) is 0 Å². The highest BCUT2D eigenvalue weighted by atomic mass is 35.5. The molecule has 0 aliphatic heterocycles. The van der Waals surface area contributed by atoms with Gasteiger partial charge in [-0.3, -0.25) is 0 Å². The van der Waals surface area contributed by atoms with Crippen LogP contribution in [0.25, 0.3) is 0 Å². The highest BCUT2D eigenvalue weighted by Gasteiger charge is 2.21. The van der Waals surface area contributed by atoms with Crippen LogP contribution >= 0.6 is 11.6 Å². The second-order valence-corrected chi connectivity index (χ2v) is 7.75. The van der Waals surface area contributed by atoms with Gasteiger partial charge in [0.25, 0.3) is 0 Å². The minimum absolute atomic E-state index is 0.343. The fraction of sp³-hybridized carbons (Fsp3) is 0.154. The van der Waals surface area contributed by atoms with Crippen LogP contribution in [0.2, 0.25) is 0 Å². The predicted molar refractivity (Wildman–Crippen MR) is 125 cm³/mol. The van der Waals surface area contributed by atoms with Gasteiger partial charge in [-0.1, -0.05) is 24.3 Å². The van der Waals surface area contributed by atoms with Gasteiger partial charge in [-0.25, -0.2) is 9.97 Å². The summed E-state index contributed by atoms with van der Waals surface area (Å²) in [6.07, 6.45) is 2.41. The Morgan fingerprint density at radius 1 is 0.875 bits per heavy atom. The molecule has 2 heterocycles. The van der Waals surface area contributed by atoms with Gasteiger partial charge in [0.2, 0.25) is 11.8 Å². The Kier molecular flexibility index (Phi) is 6.69. The van der Waals surface area contributed by atoms with Gasteiger partial charge < -0.3 is 14.6 Å². The summed E-state index contributed by atoms with van der Waals surface area (Å²) in [5.41, 5.74) is 4.11. The Morgan fingerprint density at radius 3 is 2.41 bits per heavy atom. The number of nitrogens with zero attached hydrogens (tertiary/aromatic N) is 2. The van der Waals surface area contributed by atoms with Crippen LogP contribution in [-0.4, -0.2) is 15.1 Å². The SMILES string of the molecule is Cc1ccnc(Oc2cccc(C(O)c3c(C)ccnc3Oc3cccc(CCl)c3)c2)c1. The summed E-state index contributed by atoms with van der Waals surface area (Å²) < 4.78 is 11.9. The fourth-order valence-corrected chi connectivity index (χ4v) is 3.53. The third-order valence-corrected chi connectivity index (χ3v) is 5.31. The van der Waals surface area contributed by atoms with Gasteiger partial charge in [0.1, 0.15) is 17.6 Å². The molecule has 0 saturated heterocycles. The number of pyridine rings is 2. The zero-order chi connectivity index (χ0) is 22.5. The van der Waals surface area contributed by atoms with Crippen LogP contribution < -0.4 is 9.47 Å². The van der Waals surface area contributed by atoms with Crippen LogP contribution in [0.15, 0.2) is 79.1 Å². The second kappa shape index (κ2) is 9.81. The van der Waals surface area contributed by atoms with Crippen molar-refractivity contribution in [2.24, 2.45) is 0 Å². The monoisotopic (exact) mass is 446 g/mol. The van der Waals surface area contributed by atoms with Crippen LogP contribution in [0.4, 0.5) is 0 Å². The first-order valence-electron chi connectivity index (χ1n) is 10.2. The molecule has 2 aromatic carbocycles. The molecule has 0 radical (unpaired) electrons. The van der Waals surface area contributed by atoms with Crippen LogP contribution in [0.5, 0.6) is 23.3 Å². The molecule has 162 valence electrons. The molecule has 32 heavy (non-hydrogen) atoms. The molecule has 4 rings (SSSR count). The van der Waals surface area contributed by atoms with Crippen LogP contribution in [-0.2, 0) is 5.88 Å². The summed E-state index contributed by atoms with van der Waals surface area (Å²) in [5.74, 6) is 2.42. The number of hydrogen-bond acceptors (Lipinski definition) is 5. The average Bonchev–Trinajstić information content (AvgIpc) is 2.79. The van der Waals surface area contributed by atoms with E-state index in [0.717, 1.165) is 16.7 Å². The highest BCUT2D eigenvalue weighted by molar-refractivity contribution is 6.17. The molecule has 0 spiro atoms. The predicted octanol–water partition coefficient (Wildman–Crippen LogP) is 6.50. The van der Waals surface area contributed by atoms with E-state index in [1.165, 1.54) is 0 Å². The standard InChI is InChI=1S/C26H23ClN2O3/c1-17-9-11-28-23(13-17)31-22-8-4-6-20(15-22)25(30)24-18(2)10-12-29-26(24)32-21-7-3-5-19(14-21)16-27/h3-15,25,30H,16H2,1-2H3. The smallest absolute Gasteiger partial charge is 0.225 e. The van der Waals surface area contributed by atoms with E-state index in [9.17, 15) is 5.11 Å². The zero-order valence-corrected chi connectivity index (χ0v) is 18.6. The van der Waals surface area contributed by atoms with E-state index >= 15 is 0 Å². The Bertz CT molecular complexity index is 1230. The fourth-order valence-electron chi connectivity index (χ4n) is 3.36. The van der Waals surface area contributed by atoms with Gasteiger partial charge in [0, 0.05) is 24.3 Å². The summed E-state index contributed by atoms with van der Waals surface area (Å²) in [6, 6.07) is 20.4. The number of benzene rings is 2. The number of ether oxygens (including phenoxy) is 2. The summed E-state index contributed by atoms with van der Waals surface area (Å²) >= 11 is 5.94. The molecular formula is C26H23ClN2O3. The molecule has 0 bridgehead atoms. The quantitative estimate of drug-likeness (QED) is 0.328. The first-order chi connectivity index (χ1) is 15.5. The topological polar surface area (TPSA) is 64.5 Å². The van der Waals surface area contributed by atoms with Crippen molar-refractivity contribution in [3.05, 3.63) is 107 Å². The Balaban J connectivity index is 1.64. The van der Waals surface area contributed by atoms with Crippen molar-refractivity contribution in [1.29, 1.82) is 0 Å². The van der Waals surface area contributed by atoms with Crippen LogP contribution in [0.3, 0.4) is 0 Å². The van der Waals surface area contributed by atoms with E-state index in [2.05, 4.69) is 9.97 Å². The van der Waals surface area contributed by atoms with Gasteiger partial charge in [0.15, 0.2) is 0 Å². The number of alkyl halides is 1. The largest absolute Gasteiger partial charge is 0.439 e. The van der Waals surface area contributed by atoms with E-state index in [0.29, 0.717) is 40.3 Å². The number of aryl methyl sites for hydroxylation is 2. The number of rotatable bonds is 7. The third kappa shape index (κ3) is 5.07. The first kappa shape index (κ1) is 21.8. The molecule has 0 fully saturated rings. The second-order valence-electron chi connectivity index (χ2n) is 7.48. The normalized spacial score (nSPS) is 11.8. The van der Waals surface area contributed by atoms with Crippen molar-refractivity contribution in [2.75, 3.05) is 0 Å². The summed E-state index contributed by atoms with van der Waals surface area (Å²) in [5, 5.41) is 11.3. The van der Waals surface area contributed by atoms with Gasteiger partial charge in [0.05, 0.1) is 5.56 Å². The molecule has 0 aliphatic carbocycles. The molecule has 0 saturated carbocycles. The van der Waals surface area contributed by atoms with E-state index in [-0.39, 0.29) is 0 Å². The third-order valence-electron chi connectivity index (χ3n) is 5.00. The lowest BCUT2D eigenvalue weighted by Gasteiger charge is -2.18. The van der Waals surface area contributed by atoms with Crippen LogP contribution in [0, 0.1) is 13.8 Å². The molecule has 6 heteroatoms. The molecule has 1 atom stereocenters. The zero-order valence-electron chi connectivity index (χ0n) is 17.8. The minimum atomic E-state index is -0.955. The maximum atomic E-state index is 11.3. The Hall–Kier alpha value is -3.41. The maximum absolute atomic E-state index is 11.3. The van der Waals surface area contributed by atoms with E-state index in [1.54, 1.807) is 18.5 Å². The Labute approximate surface area is 192 Å². The molecule has 1 unspecified atom stereocenters. The van der Waals surface area contributed by atoms with E-state index < -0.39 is 6.10 Å². The number of aliphatic hydroxyl groups excluding tert-OH is 1. The van der Waals surface area contributed by atoms with Gasteiger partial charge >= 0.3 is 0 Å². The molecule has 2 aromatic heterocycles. The average molecular weight is 447 g/mol. The summed E-state index contributed by atoms with van der Waals surface area (Å²) in [4.78, 5) is 8.61. The molecule has 0 amide bonds. The maximum Gasteiger partial charge on any atom is 0.225 e. The molecular weight excluding hydrogens is 424 g/mol. The van der Waals surface area contributed by atoms with Crippen molar-refractivity contribution >= 4 is 11.6 Å². The molecule has 0 aliphatic rings. The van der Waals surface area contributed by atoms with Gasteiger partial charge in [-0.2, -0.15) is 0 Å². The van der Waals surface area contributed by atoms with E-state index in [1.807, 2.05) is 74.5 Å². The lowest BCUT2D eigenvalue weighted by molar-refractivity contribution is 0.214. The van der Waals surface area contributed by atoms with Crippen molar-refractivity contribution in [3.8, 4) is 23.3 Å². The first-order valence-corrected chi connectivity index (χ1v) is 10.7. The van der Waals surface area contributed by atoms with Gasteiger partial charge in [-0.05, 0) is 72.5 Å². The van der Waals surface area contributed by atoms with Crippen molar-refractivity contribution in [2.45, 2.75) is 25.8 Å². The van der Waals surface area contributed by atoms with Crippen molar-refractivity contribution < 1.29 is 14.6 Å². The van der Waals surface area contributed by atoms with Gasteiger partial charge in [-0.15, -0.1) is 11.6 Å². The minimum Gasteiger partial charge on any atom is -0.439 e. The van der Waals surface area contributed by atoms with Crippen LogP contribution in [0.1, 0.15) is 33.9 Å². The summed E-state index contributed by atoms with van der Waals surface area (Å²) in [7, 11) is 0. The van der Waals surface area contributed by atoms with E-state index in [4.69, 9.17) is 21.1 Å². The van der Waals surface area contributed by atoms with Crippen molar-refractivity contribution in [1.82, 2.24) is 9.97 Å². The molecule has 5 nitrogen and oxygen atoms in total. The number of aliphatic hydroxyl groups is 1. The molecule has 4 aromatic rings. The number of halogens is 1. The lowest BCUT2D eigenvalue weighted by Crippen LogP contribution is -2.06. The number of aromatic nitrogens is 2. The highest BCUT2D eigenvalue weighted by Crippen LogP contribution is 2.35. The molecule has 1 N–H and O–H groups in total. The summed E-state index contributed by atoms with van der Waals surface area (Å²) in [6.45, 7) is 3.89. The lowest BCUT2D eigenvalue weighted by atomic mass is 9.98.